The van der Waals surface area contributed by atoms with Gasteiger partial charge in [-0.2, -0.15) is 0 Å². The number of carbonyl (C=O) groups excluding carboxylic acids is 2. The summed E-state index contributed by atoms with van der Waals surface area (Å²) >= 11 is 0. The lowest BCUT2D eigenvalue weighted by molar-refractivity contribution is -0.151. The van der Waals surface area contributed by atoms with E-state index in [1.54, 1.807) is 13.8 Å². The molecule has 1 aliphatic heterocycles. The molecule has 1 aliphatic carbocycles. The lowest BCUT2D eigenvalue weighted by atomic mass is 9.98. The van der Waals surface area contributed by atoms with Crippen molar-refractivity contribution < 1.29 is 29.0 Å². The van der Waals surface area contributed by atoms with Crippen LogP contribution in [0, 0.1) is 5.92 Å². The van der Waals surface area contributed by atoms with Gasteiger partial charge in [0.25, 0.3) is 5.91 Å². The fraction of sp³-hybridized carbons (Fsp3) is 0.423. The first-order valence-electron chi connectivity index (χ1n) is 11.6. The fourth-order valence-corrected chi connectivity index (χ4v) is 4.80. The lowest BCUT2D eigenvalue weighted by Crippen LogP contribution is -2.49. The van der Waals surface area contributed by atoms with Gasteiger partial charge in [-0.05, 0) is 42.5 Å². The Morgan fingerprint density at radius 2 is 1.71 bits per heavy atom. The second-order valence-corrected chi connectivity index (χ2v) is 9.00. The van der Waals surface area contributed by atoms with Crippen molar-refractivity contribution in [3.05, 3.63) is 59.7 Å². The number of amides is 2. The van der Waals surface area contributed by atoms with Gasteiger partial charge in [0.2, 0.25) is 0 Å². The summed E-state index contributed by atoms with van der Waals surface area (Å²) in [6, 6.07) is 16.0. The molecule has 2 aliphatic rings. The minimum Gasteiger partial charge on any atom is -0.480 e. The number of rotatable bonds is 8. The fourth-order valence-electron chi connectivity index (χ4n) is 4.80. The maximum Gasteiger partial charge on any atom is 0.407 e. The van der Waals surface area contributed by atoms with E-state index >= 15 is 0 Å². The number of nitrogens with zero attached hydrogens (tertiary/aromatic N) is 1. The van der Waals surface area contributed by atoms with Crippen molar-refractivity contribution in [3.63, 3.8) is 0 Å². The van der Waals surface area contributed by atoms with E-state index in [0.29, 0.717) is 13.0 Å². The SMILES string of the molecule is CC(C)N(CC(=O)O)C(=O)[C@H]1OCC[C@H]1CNC(=O)OCC1c2ccccc2-c2ccccc21. The number of carboxylic acid groups (broad SMARTS) is 1. The van der Waals surface area contributed by atoms with Gasteiger partial charge in [-0.15, -0.1) is 0 Å². The first kappa shape index (κ1) is 23.8. The van der Waals surface area contributed by atoms with Crippen LogP contribution >= 0.6 is 0 Å². The molecule has 2 N–H and O–H groups in total. The third-order valence-electron chi connectivity index (χ3n) is 6.52. The summed E-state index contributed by atoms with van der Waals surface area (Å²) in [4.78, 5) is 37.8. The number of ether oxygens (including phenoxy) is 2. The third kappa shape index (κ3) is 4.92. The maximum absolute atomic E-state index is 12.9. The summed E-state index contributed by atoms with van der Waals surface area (Å²) in [5.41, 5.74) is 4.59. The first-order valence-corrected chi connectivity index (χ1v) is 11.6. The van der Waals surface area contributed by atoms with Crippen molar-refractivity contribution in [2.24, 2.45) is 5.92 Å². The highest BCUT2D eigenvalue weighted by molar-refractivity contribution is 5.85. The van der Waals surface area contributed by atoms with E-state index < -0.39 is 18.2 Å². The Morgan fingerprint density at radius 3 is 2.29 bits per heavy atom. The normalized spacial score (nSPS) is 18.9. The molecular formula is C26H30N2O6. The average Bonchev–Trinajstić information content (AvgIpc) is 3.42. The molecule has 0 radical (unpaired) electrons. The highest BCUT2D eigenvalue weighted by Crippen LogP contribution is 2.44. The van der Waals surface area contributed by atoms with Crippen LogP contribution in [-0.4, -0.2) is 66.4 Å². The highest BCUT2D eigenvalue weighted by Gasteiger charge is 2.38. The Hall–Kier alpha value is -3.39. The average molecular weight is 467 g/mol. The molecule has 1 heterocycles. The minimum absolute atomic E-state index is 0.0297. The number of hydrogen-bond donors (Lipinski definition) is 2. The van der Waals surface area contributed by atoms with E-state index in [1.165, 1.54) is 4.90 Å². The minimum atomic E-state index is -1.08. The van der Waals surface area contributed by atoms with E-state index in [4.69, 9.17) is 14.6 Å². The predicted molar refractivity (Wildman–Crippen MR) is 125 cm³/mol. The van der Waals surface area contributed by atoms with Crippen LogP contribution in [0.5, 0.6) is 0 Å². The Morgan fingerprint density at radius 1 is 1.09 bits per heavy atom. The van der Waals surface area contributed by atoms with Gasteiger partial charge in [-0.1, -0.05) is 48.5 Å². The van der Waals surface area contributed by atoms with Crippen LogP contribution < -0.4 is 5.32 Å². The van der Waals surface area contributed by atoms with Crippen LogP contribution in [0.15, 0.2) is 48.5 Å². The molecule has 2 aromatic rings. The van der Waals surface area contributed by atoms with Crippen LogP contribution in [0.4, 0.5) is 4.79 Å². The lowest BCUT2D eigenvalue weighted by Gasteiger charge is -2.29. The molecule has 8 heteroatoms. The smallest absolute Gasteiger partial charge is 0.407 e. The van der Waals surface area contributed by atoms with Gasteiger partial charge in [-0.25, -0.2) is 4.79 Å². The van der Waals surface area contributed by atoms with E-state index in [9.17, 15) is 14.4 Å². The molecule has 2 aromatic carbocycles. The van der Waals surface area contributed by atoms with Crippen molar-refractivity contribution in [2.75, 3.05) is 26.3 Å². The number of alkyl carbamates (subject to hydrolysis) is 1. The number of carboxylic acids is 1. The van der Waals surface area contributed by atoms with Crippen LogP contribution in [0.3, 0.4) is 0 Å². The van der Waals surface area contributed by atoms with Crippen LogP contribution in [0.25, 0.3) is 11.1 Å². The van der Waals surface area contributed by atoms with Crippen molar-refractivity contribution in [1.29, 1.82) is 0 Å². The van der Waals surface area contributed by atoms with Gasteiger partial charge in [0, 0.05) is 31.0 Å². The number of benzene rings is 2. The summed E-state index contributed by atoms with van der Waals surface area (Å²) in [5, 5.41) is 11.9. The van der Waals surface area contributed by atoms with Gasteiger partial charge in [0.15, 0.2) is 0 Å². The number of fused-ring (bicyclic) bond motifs is 3. The van der Waals surface area contributed by atoms with Crippen LogP contribution in [-0.2, 0) is 19.1 Å². The molecule has 0 bridgehead atoms. The second kappa shape index (κ2) is 10.3. The summed E-state index contributed by atoms with van der Waals surface area (Å²) in [6.45, 7) is 3.95. The van der Waals surface area contributed by atoms with Crippen LogP contribution in [0.1, 0.15) is 37.3 Å². The van der Waals surface area contributed by atoms with Gasteiger partial charge in [0.1, 0.15) is 19.3 Å². The summed E-state index contributed by atoms with van der Waals surface area (Å²) in [7, 11) is 0. The molecule has 180 valence electrons. The van der Waals surface area contributed by atoms with Crippen molar-refractivity contribution in [3.8, 4) is 11.1 Å². The molecule has 0 saturated carbocycles. The zero-order valence-corrected chi connectivity index (χ0v) is 19.4. The van der Waals surface area contributed by atoms with E-state index in [1.807, 2.05) is 24.3 Å². The number of carbonyl (C=O) groups is 3. The summed E-state index contributed by atoms with van der Waals surface area (Å²) in [5.74, 6) is -1.72. The van der Waals surface area contributed by atoms with E-state index in [-0.39, 0.29) is 43.5 Å². The molecule has 8 nitrogen and oxygen atoms in total. The zero-order chi connectivity index (χ0) is 24.2. The largest absolute Gasteiger partial charge is 0.480 e. The molecule has 0 spiro atoms. The van der Waals surface area contributed by atoms with Crippen molar-refractivity contribution >= 4 is 18.0 Å². The molecule has 4 rings (SSSR count). The molecule has 1 saturated heterocycles. The van der Waals surface area contributed by atoms with E-state index in [0.717, 1.165) is 22.3 Å². The first-order chi connectivity index (χ1) is 16.4. The van der Waals surface area contributed by atoms with Crippen molar-refractivity contribution in [2.45, 2.75) is 38.3 Å². The zero-order valence-electron chi connectivity index (χ0n) is 19.4. The quantitative estimate of drug-likeness (QED) is 0.619. The molecule has 34 heavy (non-hydrogen) atoms. The van der Waals surface area contributed by atoms with Crippen molar-refractivity contribution in [1.82, 2.24) is 10.2 Å². The number of nitrogens with one attached hydrogen (secondary N) is 1. The topological polar surface area (TPSA) is 105 Å². The second-order valence-electron chi connectivity index (χ2n) is 9.00. The third-order valence-corrected chi connectivity index (χ3v) is 6.52. The number of aliphatic carboxylic acids is 1. The van der Waals surface area contributed by atoms with Gasteiger partial charge < -0.3 is 24.8 Å². The van der Waals surface area contributed by atoms with E-state index in [2.05, 4.69) is 29.6 Å². The standard InChI is InChI=1S/C26H30N2O6/c1-16(2)28(14-23(29)30)25(31)24-17(11-12-33-24)13-27-26(32)34-15-22-20-9-5-3-7-18(20)19-8-4-6-10-21(19)22/h3-10,16-17,22,24H,11-15H2,1-2H3,(H,27,32)(H,29,30)/t17-,24-/m0/s1. The summed E-state index contributed by atoms with van der Waals surface area (Å²) < 4.78 is 11.2. The summed E-state index contributed by atoms with van der Waals surface area (Å²) in [6.07, 6.45) is -0.735. The molecule has 2 atom stereocenters. The molecule has 1 fully saturated rings. The van der Waals surface area contributed by atoms with Gasteiger partial charge >= 0.3 is 12.1 Å². The Bertz CT molecular complexity index is 1020. The Labute approximate surface area is 198 Å². The Kier molecular flexibility index (Phi) is 7.17. The monoisotopic (exact) mass is 466 g/mol. The van der Waals surface area contributed by atoms with Crippen LogP contribution in [0.2, 0.25) is 0 Å². The van der Waals surface area contributed by atoms with Gasteiger partial charge in [-0.3, -0.25) is 9.59 Å². The molecule has 2 amide bonds. The highest BCUT2D eigenvalue weighted by atomic mass is 16.5. The van der Waals surface area contributed by atoms with Gasteiger partial charge in [0.05, 0.1) is 0 Å². The number of hydrogen-bond acceptors (Lipinski definition) is 5. The molecule has 0 aromatic heterocycles. The predicted octanol–water partition coefficient (Wildman–Crippen LogP) is 3.25. The molecular weight excluding hydrogens is 436 g/mol. The maximum atomic E-state index is 12.9. The molecule has 0 unspecified atom stereocenters. The Balaban J connectivity index is 1.34.